The Hall–Kier alpha value is -2.40. The molecule has 3 rings (SSSR count). The van der Waals surface area contributed by atoms with E-state index in [1.54, 1.807) is 12.1 Å². The molecule has 5 nitrogen and oxygen atoms in total. The molecule has 0 saturated heterocycles. The topological polar surface area (TPSA) is 70.7 Å². The summed E-state index contributed by atoms with van der Waals surface area (Å²) in [7, 11) is 0. The van der Waals surface area contributed by atoms with Gasteiger partial charge in [0.15, 0.2) is 0 Å². The molecule has 0 aliphatic heterocycles. The highest BCUT2D eigenvalue weighted by atomic mass is 35.5. The third-order valence-corrected chi connectivity index (χ3v) is 3.87. The van der Waals surface area contributed by atoms with Gasteiger partial charge in [0.25, 0.3) is 5.91 Å². The zero-order valence-corrected chi connectivity index (χ0v) is 13.6. The number of imidazole rings is 1. The van der Waals surface area contributed by atoms with Crippen LogP contribution in [0.5, 0.6) is 0 Å². The second-order valence-electron chi connectivity index (χ2n) is 5.70. The molecule has 0 saturated carbocycles. The average Bonchev–Trinajstić information content (AvgIpc) is 2.96. The largest absolute Gasteiger partial charge is 0.342 e. The second-order valence-corrected chi connectivity index (χ2v) is 6.09. The summed E-state index contributed by atoms with van der Waals surface area (Å²) in [5, 5.41) is 3.37. The molecule has 1 aromatic carbocycles. The molecule has 23 heavy (non-hydrogen) atoms. The lowest BCUT2D eigenvalue weighted by Crippen LogP contribution is -2.32. The smallest absolute Gasteiger partial charge is 0.253 e. The molecule has 0 fully saturated rings. The number of halogens is 1. The fourth-order valence-corrected chi connectivity index (χ4v) is 2.52. The summed E-state index contributed by atoms with van der Waals surface area (Å²) in [6.45, 7) is 4.08. The first-order valence-corrected chi connectivity index (χ1v) is 7.79. The maximum absolute atomic E-state index is 12.4. The third-order valence-electron chi connectivity index (χ3n) is 3.65. The van der Waals surface area contributed by atoms with Gasteiger partial charge < -0.3 is 10.3 Å². The molecular formula is C17H17ClN4O. The molecule has 0 radical (unpaired) electrons. The number of nitrogens with zero attached hydrogens (tertiary/aromatic N) is 2. The van der Waals surface area contributed by atoms with Crippen molar-refractivity contribution in [2.45, 2.75) is 19.9 Å². The number of hydrogen-bond acceptors (Lipinski definition) is 3. The Morgan fingerprint density at radius 1 is 1.22 bits per heavy atom. The molecule has 118 valence electrons. The van der Waals surface area contributed by atoms with Gasteiger partial charge in [-0.2, -0.15) is 0 Å². The van der Waals surface area contributed by atoms with Crippen molar-refractivity contribution in [1.29, 1.82) is 0 Å². The van der Waals surface area contributed by atoms with Crippen LogP contribution in [0.2, 0.25) is 5.15 Å². The van der Waals surface area contributed by atoms with Crippen molar-refractivity contribution < 1.29 is 4.79 Å². The fourth-order valence-electron chi connectivity index (χ4n) is 2.41. The molecule has 2 heterocycles. The van der Waals surface area contributed by atoms with Crippen LogP contribution in [-0.2, 0) is 0 Å². The summed E-state index contributed by atoms with van der Waals surface area (Å²) < 4.78 is 0. The van der Waals surface area contributed by atoms with Crippen LogP contribution in [0.3, 0.4) is 0 Å². The molecule has 2 N–H and O–H groups in total. The molecule has 1 atom stereocenters. The number of carbonyl (C=O) groups is 1. The highest BCUT2D eigenvalue weighted by molar-refractivity contribution is 6.29. The van der Waals surface area contributed by atoms with E-state index < -0.39 is 0 Å². The van der Waals surface area contributed by atoms with Crippen LogP contribution in [0.15, 0.2) is 42.6 Å². The zero-order chi connectivity index (χ0) is 16.4. The molecule has 0 aliphatic carbocycles. The number of benzene rings is 1. The van der Waals surface area contributed by atoms with Gasteiger partial charge >= 0.3 is 0 Å². The highest BCUT2D eigenvalue weighted by Crippen LogP contribution is 2.22. The number of nitrogens with one attached hydrogen (secondary N) is 2. The van der Waals surface area contributed by atoms with Crippen molar-refractivity contribution >= 4 is 28.5 Å². The van der Waals surface area contributed by atoms with E-state index in [0.717, 1.165) is 16.9 Å². The zero-order valence-electron chi connectivity index (χ0n) is 12.9. The Morgan fingerprint density at radius 3 is 2.65 bits per heavy atom. The van der Waals surface area contributed by atoms with Crippen LogP contribution in [0, 0.1) is 5.92 Å². The number of aromatic nitrogens is 3. The van der Waals surface area contributed by atoms with Crippen LogP contribution < -0.4 is 5.32 Å². The Morgan fingerprint density at radius 2 is 2.00 bits per heavy atom. The number of aromatic amines is 1. The maximum atomic E-state index is 12.4. The van der Waals surface area contributed by atoms with E-state index in [0.29, 0.717) is 10.7 Å². The van der Waals surface area contributed by atoms with Crippen LogP contribution in [-0.4, -0.2) is 20.9 Å². The average molecular weight is 329 g/mol. The van der Waals surface area contributed by atoms with Crippen LogP contribution in [0.4, 0.5) is 0 Å². The van der Waals surface area contributed by atoms with Gasteiger partial charge in [-0.15, -0.1) is 0 Å². The molecule has 1 unspecified atom stereocenters. The van der Waals surface area contributed by atoms with Gasteiger partial charge in [0.1, 0.15) is 11.0 Å². The van der Waals surface area contributed by atoms with E-state index >= 15 is 0 Å². The van der Waals surface area contributed by atoms with Gasteiger partial charge in [-0.05, 0) is 30.2 Å². The predicted molar refractivity (Wildman–Crippen MR) is 90.4 cm³/mol. The van der Waals surface area contributed by atoms with Crippen molar-refractivity contribution in [3.05, 3.63) is 59.1 Å². The Kier molecular flexibility index (Phi) is 4.30. The quantitative estimate of drug-likeness (QED) is 0.717. The number of para-hydroxylation sites is 2. The number of rotatable bonds is 4. The van der Waals surface area contributed by atoms with Crippen molar-refractivity contribution in [1.82, 2.24) is 20.3 Å². The summed E-state index contributed by atoms with van der Waals surface area (Å²) in [4.78, 5) is 24.2. The van der Waals surface area contributed by atoms with Crippen LogP contribution in [0.25, 0.3) is 11.0 Å². The summed E-state index contributed by atoms with van der Waals surface area (Å²) in [5.74, 6) is 0.726. The van der Waals surface area contributed by atoms with Crippen molar-refractivity contribution in [3.8, 4) is 0 Å². The first-order chi connectivity index (χ1) is 11.0. The predicted octanol–water partition coefficient (Wildman–Crippen LogP) is 3.74. The van der Waals surface area contributed by atoms with Crippen molar-refractivity contribution in [2.24, 2.45) is 5.92 Å². The standard InChI is InChI=1S/C17H17ClN4O/c1-10(2)15(16-20-12-5-3-4-6-13(12)21-16)22-17(23)11-7-8-14(18)19-9-11/h3-10,15H,1-2H3,(H,20,21)(H,22,23). The van der Waals surface area contributed by atoms with Crippen LogP contribution in [0.1, 0.15) is 36.1 Å². The van der Waals surface area contributed by atoms with Gasteiger partial charge in [-0.1, -0.05) is 37.6 Å². The second kappa shape index (κ2) is 6.38. The molecule has 3 aromatic rings. The molecule has 0 bridgehead atoms. The Labute approximate surface area is 139 Å². The summed E-state index contributed by atoms with van der Waals surface area (Å²) in [5.41, 5.74) is 2.31. The van der Waals surface area contributed by atoms with E-state index in [9.17, 15) is 4.79 Å². The first kappa shape index (κ1) is 15.5. The van der Waals surface area contributed by atoms with Gasteiger partial charge in [0.05, 0.1) is 22.6 Å². The van der Waals surface area contributed by atoms with E-state index in [4.69, 9.17) is 11.6 Å². The van der Waals surface area contributed by atoms with E-state index in [2.05, 4.69) is 20.3 Å². The molecule has 0 spiro atoms. The lowest BCUT2D eigenvalue weighted by Gasteiger charge is -2.20. The van der Waals surface area contributed by atoms with E-state index in [1.165, 1.54) is 6.20 Å². The lowest BCUT2D eigenvalue weighted by molar-refractivity contribution is 0.0923. The van der Waals surface area contributed by atoms with Crippen LogP contribution >= 0.6 is 11.6 Å². The number of pyridine rings is 1. The first-order valence-electron chi connectivity index (χ1n) is 7.41. The number of amides is 1. The Balaban J connectivity index is 1.86. The van der Waals surface area contributed by atoms with Crippen molar-refractivity contribution in [2.75, 3.05) is 0 Å². The van der Waals surface area contributed by atoms with Gasteiger partial charge in [-0.25, -0.2) is 9.97 Å². The molecule has 1 amide bonds. The monoisotopic (exact) mass is 328 g/mol. The van der Waals surface area contributed by atoms with Gasteiger partial charge in [-0.3, -0.25) is 4.79 Å². The number of hydrogen-bond donors (Lipinski definition) is 2. The van der Waals surface area contributed by atoms with E-state index in [1.807, 2.05) is 38.1 Å². The summed E-state index contributed by atoms with van der Waals surface area (Å²) in [6.07, 6.45) is 1.47. The third kappa shape index (κ3) is 3.35. The van der Waals surface area contributed by atoms with E-state index in [-0.39, 0.29) is 17.9 Å². The summed E-state index contributed by atoms with van der Waals surface area (Å²) >= 11 is 5.76. The number of carbonyl (C=O) groups excluding carboxylic acids is 1. The minimum Gasteiger partial charge on any atom is -0.342 e. The molecule has 6 heteroatoms. The highest BCUT2D eigenvalue weighted by Gasteiger charge is 2.22. The molecular weight excluding hydrogens is 312 g/mol. The maximum Gasteiger partial charge on any atom is 0.253 e. The number of H-pyrrole nitrogens is 1. The lowest BCUT2D eigenvalue weighted by atomic mass is 10.0. The minimum absolute atomic E-state index is 0.180. The SMILES string of the molecule is CC(C)C(NC(=O)c1ccc(Cl)nc1)c1nc2ccccc2[nH]1. The molecule has 0 aliphatic rings. The normalized spacial score (nSPS) is 12.5. The molecule has 2 aromatic heterocycles. The Bertz CT molecular complexity index is 793. The van der Waals surface area contributed by atoms with Gasteiger partial charge in [0, 0.05) is 6.20 Å². The fraction of sp³-hybridized carbons (Fsp3) is 0.235. The van der Waals surface area contributed by atoms with Crippen molar-refractivity contribution in [3.63, 3.8) is 0 Å². The summed E-state index contributed by atoms with van der Waals surface area (Å²) in [6, 6.07) is 10.8. The minimum atomic E-state index is -0.217. The number of fused-ring (bicyclic) bond motifs is 1. The van der Waals surface area contributed by atoms with Gasteiger partial charge in [0.2, 0.25) is 0 Å².